The molecule has 1 aliphatic heterocycles. The van der Waals surface area contributed by atoms with Crippen molar-refractivity contribution in [1.29, 1.82) is 0 Å². The maximum absolute atomic E-state index is 12.2. The normalized spacial score (nSPS) is 15.2. The van der Waals surface area contributed by atoms with Crippen LogP contribution in [-0.2, 0) is 4.79 Å². The summed E-state index contributed by atoms with van der Waals surface area (Å²) in [6.45, 7) is 9.47. The van der Waals surface area contributed by atoms with Gasteiger partial charge < -0.3 is 15.1 Å². The Morgan fingerprint density at radius 1 is 1.25 bits per heavy atom. The molecule has 1 aliphatic rings. The van der Waals surface area contributed by atoms with E-state index in [1.54, 1.807) is 0 Å². The molecule has 2 rings (SSSR count). The molecular weight excluding hydrogens is 250 g/mol. The number of nitrogens with one attached hydrogen (secondary N) is 1. The van der Waals surface area contributed by atoms with Crippen molar-refractivity contribution in [3.63, 3.8) is 0 Å². The molecular formula is C16H25N3O. The van der Waals surface area contributed by atoms with Crippen LogP contribution < -0.4 is 10.2 Å². The van der Waals surface area contributed by atoms with Crippen LogP contribution in [0.4, 0.5) is 5.69 Å². The van der Waals surface area contributed by atoms with Gasteiger partial charge in [0.15, 0.2) is 0 Å². The van der Waals surface area contributed by atoms with E-state index in [2.05, 4.69) is 48.3 Å². The number of rotatable bonds is 5. The predicted molar refractivity (Wildman–Crippen MR) is 83.1 cm³/mol. The van der Waals surface area contributed by atoms with E-state index in [1.807, 2.05) is 4.90 Å². The Morgan fingerprint density at radius 3 is 2.50 bits per heavy atom. The number of amides is 1. The smallest absolute Gasteiger partial charge is 0.224 e. The second kappa shape index (κ2) is 7.29. The van der Waals surface area contributed by atoms with Gasteiger partial charge in [-0.1, -0.05) is 17.7 Å². The minimum Gasteiger partial charge on any atom is -0.371 e. The molecule has 1 N–H and O–H groups in total. The number of aryl methyl sites for hydroxylation is 1. The lowest BCUT2D eigenvalue weighted by molar-refractivity contribution is -0.131. The van der Waals surface area contributed by atoms with Crippen molar-refractivity contribution in [3.8, 4) is 0 Å². The minimum atomic E-state index is 0.275. The third kappa shape index (κ3) is 3.97. The number of carbonyl (C=O) groups excluding carboxylic acids is 1. The number of carbonyl (C=O) groups is 1. The number of piperazine rings is 1. The maximum Gasteiger partial charge on any atom is 0.224 e. The molecule has 0 saturated carbocycles. The van der Waals surface area contributed by atoms with Gasteiger partial charge in [-0.25, -0.2) is 0 Å². The number of nitrogens with zero attached hydrogens (tertiary/aromatic N) is 2. The van der Waals surface area contributed by atoms with E-state index in [-0.39, 0.29) is 5.91 Å². The van der Waals surface area contributed by atoms with E-state index in [9.17, 15) is 4.79 Å². The van der Waals surface area contributed by atoms with Crippen LogP contribution in [0, 0.1) is 6.92 Å². The van der Waals surface area contributed by atoms with Gasteiger partial charge in [0.05, 0.1) is 0 Å². The zero-order chi connectivity index (χ0) is 14.4. The molecule has 1 aromatic carbocycles. The third-order valence-electron chi connectivity index (χ3n) is 3.85. The lowest BCUT2D eigenvalue weighted by atomic mass is 10.2. The average molecular weight is 275 g/mol. The summed E-state index contributed by atoms with van der Waals surface area (Å²) >= 11 is 0. The molecule has 1 amide bonds. The highest BCUT2D eigenvalue weighted by atomic mass is 16.2. The lowest BCUT2D eigenvalue weighted by Crippen LogP contribution is -2.47. The molecule has 1 heterocycles. The van der Waals surface area contributed by atoms with Crippen LogP contribution in [0.15, 0.2) is 24.3 Å². The van der Waals surface area contributed by atoms with Gasteiger partial charge in [0, 0.05) is 51.4 Å². The van der Waals surface area contributed by atoms with Crippen LogP contribution in [0.5, 0.6) is 0 Å². The molecule has 0 bridgehead atoms. The molecule has 0 aromatic heterocycles. The second-order valence-corrected chi connectivity index (χ2v) is 5.30. The van der Waals surface area contributed by atoms with E-state index < -0.39 is 0 Å². The van der Waals surface area contributed by atoms with Gasteiger partial charge in [-0.15, -0.1) is 0 Å². The second-order valence-electron chi connectivity index (χ2n) is 5.30. The van der Waals surface area contributed by atoms with Gasteiger partial charge in [-0.05, 0) is 26.0 Å². The van der Waals surface area contributed by atoms with Crippen molar-refractivity contribution in [3.05, 3.63) is 29.8 Å². The van der Waals surface area contributed by atoms with Crippen LogP contribution in [0.3, 0.4) is 0 Å². The van der Waals surface area contributed by atoms with Gasteiger partial charge in [-0.2, -0.15) is 0 Å². The molecule has 110 valence electrons. The fraction of sp³-hybridized carbons (Fsp3) is 0.562. The molecule has 0 atom stereocenters. The topological polar surface area (TPSA) is 35.6 Å². The summed E-state index contributed by atoms with van der Waals surface area (Å²) in [4.78, 5) is 16.4. The summed E-state index contributed by atoms with van der Waals surface area (Å²) < 4.78 is 0. The lowest BCUT2D eigenvalue weighted by Gasteiger charge is -2.29. The fourth-order valence-electron chi connectivity index (χ4n) is 2.53. The summed E-state index contributed by atoms with van der Waals surface area (Å²) in [5, 5.41) is 3.27. The molecule has 0 aliphatic carbocycles. The highest BCUT2D eigenvalue weighted by Crippen LogP contribution is 2.15. The summed E-state index contributed by atoms with van der Waals surface area (Å²) in [5.74, 6) is 0.275. The Morgan fingerprint density at radius 2 is 1.90 bits per heavy atom. The van der Waals surface area contributed by atoms with Gasteiger partial charge in [0.2, 0.25) is 5.91 Å². The summed E-state index contributed by atoms with van der Waals surface area (Å²) in [6, 6.07) is 8.51. The largest absolute Gasteiger partial charge is 0.371 e. The molecule has 0 unspecified atom stereocenters. The van der Waals surface area contributed by atoms with E-state index >= 15 is 0 Å². The maximum atomic E-state index is 12.2. The standard InChI is InChI=1S/C16H25N3O/c1-3-18(15-6-4-14(2)5-7-15)11-8-16(20)19-12-9-17-10-13-19/h4-7,17H,3,8-13H2,1-2H3. The molecule has 0 spiro atoms. The first kappa shape index (κ1) is 14.9. The SMILES string of the molecule is CCN(CCC(=O)N1CCNCC1)c1ccc(C)cc1. The molecule has 20 heavy (non-hydrogen) atoms. The van der Waals surface area contributed by atoms with Gasteiger partial charge in [-0.3, -0.25) is 4.79 Å². The monoisotopic (exact) mass is 275 g/mol. The van der Waals surface area contributed by atoms with Crippen molar-refractivity contribution in [1.82, 2.24) is 10.2 Å². The van der Waals surface area contributed by atoms with Crippen LogP contribution in [0.1, 0.15) is 18.9 Å². The molecule has 4 nitrogen and oxygen atoms in total. The first-order chi connectivity index (χ1) is 9.70. The first-order valence-electron chi connectivity index (χ1n) is 7.51. The Hall–Kier alpha value is -1.55. The zero-order valence-electron chi connectivity index (χ0n) is 12.6. The van der Waals surface area contributed by atoms with Gasteiger partial charge >= 0.3 is 0 Å². The molecule has 1 fully saturated rings. The molecule has 0 radical (unpaired) electrons. The summed E-state index contributed by atoms with van der Waals surface area (Å²) in [5.41, 5.74) is 2.47. The number of anilines is 1. The van der Waals surface area contributed by atoms with E-state index in [0.29, 0.717) is 6.42 Å². The first-order valence-corrected chi connectivity index (χ1v) is 7.51. The molecule has 1 aromatic rings. The predicted octanol–water partition coefficient (Wildman–Crippen LogP) is 1.64. The number of hydrogen-bond acceptors (Lipinski definition) is 3. The van der Waals surface area contributed by atoms with E-state index in [4.69, 9.17) is 0 Å². The highest BCUT2D eigenvalue weighted by Gasteiger charge is 2.16. The molecule has 1 saturated heterocycles. The van der Waals surface area contributed by atoms with Crippen LogP contribution >= 0.6 is 0 Å². The quantitative estimate of drug-likeness (QED) is 0.887. The van der Waals surface area contributed by atoms with Crippen LogP contribution in [-0.4, -0.2) is 50.1 Å². The van der Waals surface area contributed by atoms with Crippen molar-refractivity contribution in [2.45, 2.75) is 20.3 Å². The van der Waals surface area contributed by atoms with Gasteiger partial charge in [0.25, 0.3) is 0 Å². The average Bonchev–Trinajstić information content (AvgIpc) is 2.50. The Labute approximate surface area is 121 Å². The van der Waals surface area contributed by atoms with Crippen LogP contribution in [0.2, 0.25) is 0 Å². The number of benzene rings is 1. The Kier molecular flexibility index (Phi) is 5.41. The van der Waals surface area contributed by atoms with Crippen molar-refractivity contribution in [2.24, 2.45) is 0 Å². The van der Waals surface area contributed by atoms with E-state index in [0.717, 1.165) is 39.3 Å². The van der Waals surface area contributed by atoms with Crippen molar-refractivity contribution in [2.75, 3.05) is 44.2 Å². The van der Waals surface area contributed by atoms with Crippen molar-refractivity contribution >= 4 is 11.6 Å². The van der Waals surface area contributed by atoms with E-state index in [1.165, 1.54) is 11.3 Å². The summed E-state index contributed by atoms with van der Waals surface area (Å²) in [6.07, 6.45) is 0.599. The third-order valence-corrected chi connectivity index (χ3v) is 3.85. The number of hydrogen-bond donors (Lipinski definition) is 1. The zero-order valence-corrected chi connectivity index (χ0v) is 12.6. The Bertz CT molecular complexity index is 424. The van der Waals surface area contributed by atoms with Gasteiger partial charge in [0.1, 0.15) is 0 Å². The highest BCUT2D eigenvalue weighted by molar-refractivity contribution is 5.77. The van der Waals surface area contributed by atoms with Crippen molar-refractivity contribution < 1.29 is 4.79 Å². The fourth-order valence-corrected chi connectivity index (χ4v) is 2.53. The summed E-state index contributed by atoms with van der Waals surface area (Å²) in [7, 11) is 0. The molecule has 4 heteroatoms. The minimum absolute atomic E-state index is 0.275. The van der Waals surface area contributed by atoms with Crippen LogP contribution in [0.25, 0.3) is 0 Å². The Balaban J connectivity index is 1.86.